The summed E-state index contributed by atoms with van der Waals surface area (Å²) in [5.41, 5.74) is 0.392. The number of carbonyl (C=O) groups excluding carboxylic acids is 3. The highest BCUT2D eigenvalue weighted by atomic mass is 16.6. The molecular weight excluding hydrogens is 320 g/mol. The quantitative estimate of drug-likeness (QED) is 0.909. The van der Waals surface area contributed by atoms with Crippen molar-refractivity contribution >= 4 is 17.8 Å². The van der Waals surface area contributed by atoms with E-state index in [2.05, 4.69) is 5.32 Å². The predicted molar refractivity (Wildman–Crippen MR) is 94.0 cm³/mol. The summed E-state index contributed by atoms with van der Waals surface area (Å²) in [6.07, 6.45) is 0.370. The Bertz CT molecular complexity index is 622. The van der Waals surface area contributed by atoms with Crippen molar-refractivity contribution in [3.63, 3.8) is 0 Å². The minimum atomic E-state index is -0.570. The van der Waals surface area contributed by atoms with Crippen LogP contribution >= 0.6 is 0 Å². The van der Waals surface area contributed by atoms with Gasteiger partial charge in [0.05, 0.1) is 6.04 Å². The van der Waals surface area contributed by atoms with E-state index < -0.39 is 11.7 Å². The van der Waals surface area contributed by atoms with Gasteiger partial charge in [-0.25, -0.2) is 4.79 Å². The molecule has 0 bridgehead atoms. The third-order valence-corrected chi connectivity index (χ3v) is 3.94. The molecule has 0 radical (unpaired) electrons. The van der Waals surface area contributed by atoms with Gasteiger partial charge in [-0.1, -0.05) is 30.3 Å². The molecule has 1 N–H and O–H groups in total. The lowest BCUT2D eigenvalue weighted by molar-refractivity contribution is -0.138. The van der Waals surface area contributed by atoms with Gasteiger partial charge in [0, 0.05) is 32.4 Å². The molecule has 6 nitrogen and oxygen atoms in total. The fraction of sp³-hybridized carbons (Fsp3) is 0.526. The molecule has 0 aliphatic carbocycles. The van der Waals surface area contributed by atoms with Crippen LogP contribution in [0.3, 0.4) is 0 Å². The fourth-order valence-corrected chi connectivity index (χ4v) is 2.83. The van der Waals surface area contributed by atoms with E-state index in [1.54, 1.807) is 25.7 Å². The van der Waals surface area contributed by atoms with Gasteiger partial charge in [0.1, 0.15) is 11.4 Å². The molecule has 1 saturated heterocycles. The summed E-state index contributed by atoms with van der Waals surface area (Å²) < 4.78 is 5.15. The molecule has 2 rings (SSSR count). The number of Topliss-reactive ketones (excluding diaryl/α,β-unsaturated/α-hetero) is 1. The molecule has 136 valence electrons. The van der Waals surface area contributed by atoms with Crippen LogP contribution < -0.4 is 5.32 Å². The average molecular weight is 346 g/mol. The smallest absolute Gasteiger partial charge is 0.407 e. The van der Waals surface area contributed by atoms with E-state index in [-0.39, 0.29) is 30.7 Å². The van der Waals surface area contributed by atoms with Gasteiger partial charge < -0.3 is 15.0 Å². The zero-order valence-electron chi connectivity index (χ0n) is 15.1. The van der Waals surface area contributed by atoms with Gasteiger partial charge in [-0.15, -0.1) is 0 Å². The number of likely N-dealkylation sites (tertiary alicyclic amines) is 1. The number of alkyl carbamates (subject to hydrolysis) is 1. The van der Waals surface area contributed by atoms with E-state index in [1.807, 2.05) is 30.3 Å². The number of carbonyl (C=O) groups is 3. The lowest BCUT2D eigenvalue weighted by atomic mass is 9.94. The van der Waals surface area contributed by atoms with Crippen LogP contribution in [0.1, 0.15) is 51.6 Å². The second-order valence-electron chi connectivity index (χ2n) is 7.19. The van der Waals surface area contributed by atoms with Gasteiger partial charge in [0.25, 0.3) is 0 Å². The number of benzene rings is 1. The SMILES string of the molecule is CC(C)(C)OC(=O)NCCC(=O)N1CCC(=O)CC1c1ccccc1. The number of ketones is 1. The Labute approximate surface area is 148 Å². The van der Waals surface area contributed by atoms with E-state index >= 15 is 0 Å². The zero-order chi connectivity index (χ0) is 18.4. The highest BCUT2D eigenvalue weighted by Gasteiger charge is 2.31. The minimum Gasteiger partial charge on any atom is -0.444 e. The van der Waals surface area contributed by atoms with E-state index in [1.165, 1.54) is 0 Å². The van der Waals surface area contributed by atoms with Crippen LogP contribution in [-0.2, 0) is 14.3 Å². The number of nitrogens with zero attached hydrogens (tertiary/aromatic N) is 1. The number of hydrogen-bond acceptors (Lipinski definition) is 4. The highest BCUT2D eigenvalue weighted by Crippen LogP contribution is 2.29. The number of piperidine rings is 1. The lowest BCUT2D eigenvalue weighted by Crippen LogP contribution is -2.42. The number of hydrogen-bond donors (Lipinski definition) is 1. The van der Waals surface area contributed by atoms with Crippen LogP contribution in [-0.4, -0.2) is 41.4 Å². The third kappa shape index (κ3) is 5.89. The standard InChI is InChI=1S/C19H26N2O4/c1-19(2,3)25-18(24)20-11-9-17(23)21-12-10-15(22)13-16(21)14-7-5-4-6-8-14/h4-8,16H,9-13H2,1-3H3,(H,20,24). The van der Waals surface area contributed by atoms with Crippen molar-refractivity contribution in [3.05, 3.63) is 35.9 Å². The maximum Gasteiger partial charge on any atom is 0.407 e. The van der Waals surface area contributed by atoms with Gasteiger partial charge >= 0.3 is 6.09 Å². The normalized spacial score (nSPS) is 18.0. The Balaban J connectivity index is 1.92. The summed E-state index contributed by atoms with van der Waals surface area (Å²) in [5, 5.41) is 2.60. The second kappa shape index (κ2) is 8.14. The van der Waals surface area contributed by atoms with Crippen LogP contribution in [0.4, 0.5) is 4.79 Å². The monoisotopic (exact) mass is 346 g/mol. The first-order chi connectivity index (χ1) is 11.8. The number of ether oxygens (including phenoxy) is 1. The zero-order valence-corrected chi connectivity index (χ0v) is 15.1. The summed E-state index contributed by atoms with van der Waals surface area (Å²) in [4.78, 5) is 37.8. The molecule has 6 heteroatoms. The van der Waals surface area contributed by atoms with E-state index in [4.69, 9.17) is 4.74 Å². The van der Waals surface area contributed by atoms with Crippen molar-refractivity contribution in [2.45, 2.75) is 51.7 Å². The molecule has 1 fully saturated rings. The van der Waals surface area contributed by atoms with Crippen molar-refractivity contribution < 1.29 is 19.1 Å². The Morgan fingerprint density at radius 3 is 2.56 bits per heavy atom. The Hall–Kier alpha value is -2.37. The second-order valence-corrected chi connectivity index (χ2v) is 7.19. The topological polar surface area (TPSA) is 75.7 Å². The first kappa shape index (κ1) is 19.0. The molecule has 2 amide bonds. The molecule has 1 aromatic rings. The summed E-state index contributed by atoms with van der Waals surface area (Å²) in [6, 6.07) is 9.36. The maximum absolute atomic E-state index is 12.6. The van der Waals surface area contributed by atoms with Crippen molar-refractivity contribution in [2.24, 2.45) is 0 Å². The molecule has 1 aromatic carbocycles. The van der Waals surface area contributed by atoms with Crippen molar-refractivity contribution in [3.8, 4) is 0 Å². The van der Waals surface area contributed by atoms with Crippen LogP contribution in [0.5, 0.6) is 0 Å². The van der Waals surface area contributed by atoms with Crippen molar-refractivity contribution in [2.75, 3.05) is 13.1 Å². The fourth-order valence-electron chi connectivity index (χ4n) is 2.83. The molecule has 1 aliphatic rings. The molecule has 1 unspecified atom stereocenters. The molecule has 0 spiro atoms. The van der Waals surface area contributed by atoms with Gasteiger partial charge in [0.2, 0.25) is 5.91 Å². The number of amides is 2. The summed E-state index contributed by atoms with van der Waals surface area (Å²) >= 11 is 0. The molecule has 1 atom stereocenters. The van der Waals surface area contributed by atoms with Crippen LogP contribution in [0.25, 0.3) is 0 Å². The highest BCUT2D eigenvalue weighted by molar-refractivity contribution is 5.84. The summed E-state index contributed by atoms with van der Waals surface area (Å²) in [7, 11) is 0. The van der Waals surface area contributed by atoms with Crippen LogP contribution in [0.2, 0.25) is 0 Å². The van der Waals surface area contributed by atoms with E-state index in [0.717, 1.165) is 5.56 Å². The number of rotatable bonds is 4. The Morgan fingerprint density at radius 1 is 1.24 bits per heavy atom. The van der Waals surface area contributed by atoms with Gasteiger partial charge in [-0.3, -0.25) is 9.59 Å². The summed E-state index contributed by atoms with van der Waals surface area (Å²) in [5.74, 6) is 0.0993. The van der Waals surface area contributed by atoms with Gasteiger partial charge in [-0.05, 0) is 26.3 Å². The molecular formula is C19H26N2O4. The van der Waals surface area contributed by atoms with Crippen LogP contribution in [0.15, 0.2) is 30.3 Å². The molecule has 1 heterocycles. The third-order valence-electron chi connectivity index (χ3n) is 3.94. The van der Waals surface area contributed by atoms with Crippen molar-refractivity contribution in [1.82, 2.24) is 10.2 Å². The van der Waals surface area contributed by atoms with E-state index in [9.17, 15) is 14.4 Å². The summed E-state index contributed by atoms with van der Waals surface area (Å²) in [6.45, 7) is 5.98. The molecule has 0 aromatic heterocycles. The average Bonchev–Trinajstić information content (AvgIpc) is 2.53. The van der Waals surface area contributed by atoms with Crippen molar-refractivity contribution in [1.29, 1.82) is 0 Å². The van der Waals surface area contributed by atoms with Gasteiger partial charge in [0.15, 0.2) is 0 Å². The Morgan fingerprint density at radius 2 is 1.92 bits per heavy atom. The first-order valence-corrected chi connectivity index (χ1v) is 8.59. The maximum atomic E-state index is 12.6. The van der Waals surface area contributed by atoms with E-state index in [0.29, 0.717) is 19.4 Å². The first-order valence-electron chi connectivity index (χ1n) is 8.59. The molecule has 1 aliphatic heterocycles. The van der Waals surface area contributed by atoms with Crippen LogP contribution in [0, 0.1) is 0 Å². The predicted octanol–water partition coefficient (Wildman–Crippen LogP) is 2.83. The molecule has 25 heavy (non-hydrogen) atoms. The number of nitrogens with one attached hydrogen (secondary N) is 1. The minimum absolute atomic E-state index is 0.0718. The lowest BCUT2D eigenvalue weighted by Gasteiger charge is -2.35. The largest absolute Gasteiger partial charge is 0.444 e. The Kier molecular flexibility index (Phi) is 6.17. The van der Waals surface area contributed by atoms with Gasteiger partial charge in [-0.2, -0.15) is 0 Å². The molecule has 0 saturated carbocycles.